The van der Waals surface area contributed by atoms with Gasteiger partial charge < -0.3 is 4.90 Å². The van der Waals surface area contributed by atoms with Crippen molar-refractivity contribution in [1.82, 2.24) is 15.2 Å². The number of nitrogens with zero attached hydrogens (tertiary/aromatic N) is 5. The first-order valence-corrected chi connectivity index (χ1v) is 9.70. The van der Waals surface area contributed by atoms with Crippen LogP contribution >= 0.6 is 15.9 Å². The zero-order valence-electron chi connectivity index (χ0n) is 16.3. The van der Waals surface area contributed by atoms with Crippen molar-refractivity contribution in [2.45, 2.75) is 6.54 Å². The van der Waals surface area contributed by atoms with Crippen molar-refractivity contribution in [3.05, 3.63) is 86.1 Å². The van der Waals surface area contributed by atoms with Crippen LogP contribution in [0.2, 0.25) is 0 Å². The molecular formula is C20H19BrN6O3. The van der Waals surface area contributed by atoms with Crippen LogP contribution in [0.5, 0.6) is 0 Å². The lowest BCUT2D eigenvalue weighted by Gasteiger charge is -2.11. The maximum absolute atomic E-state index is 12.4. The van der Waals surface area contributed by atoms with Crippen LogP contribution < -0.4 is 10.3 Å². The molecule has 1 amide bonds. The van der Waals surface area contributed by atoms with Gasteiger partial charge >= 0.3 is 0 Å². The maximum atomic E-state index is 12.4. The van der Waals surface area contributed by atoms with Crippen LogP contribution in [0.25, 0.3) is 0 Å². The first kappa shape index (κ1) is 21.2. The third-order valence-electron chi connectivity index (χ3n) is 4.21. The van der Waals surface area contributed by atoms with E-state index in [-0.39, 0.29) is 11.4 Å². The fraction of sp³-hybridized carbons (Fsp3) is 0.150. The summed E-state index contributed by atoms with van der Waals surface area (Å²) in [5.74, 6) is -0.453. The number of halogens is 1. The first-order valence-electron chi connectivity index (χ1n) is 8.90. The predicted octanol–water partition coefficient (Wildman–Crippen LogP) is 3.43. The summed E-state index contributed by atoms with van der Waals surface area (Å²) in [6.07, 6.45) is 3.22. The number of nitrogens with one attached hydrogen (secondary N) is 1. The molecule has 1 aromatic heterocycles. The number of anilines is 1. The Kier molecular flexibility index (Phi) is 6.58. The summed E-state index contributed by atoms with van der Waals surface area (Å²) in [5.41, 5.74) is 5.42. The number of amides is 1. The molecule has 0 fully saturated rings. The molecule has 10 heteroatoms. The quantitative estimate of drug-likeness (QED) is 0.323. The summed E-state index contributed by atoms with van der Waals surface area (Å²) >= 11 is 3.33. The first-order chi connectivity index (χ1) is 14.3. The number of hydrazone groups is 1. The molecule has 0 unspecified atom stereocenters. The normalized spacial score (nSPS) is 10.9. The number of non-ortho nitro benzene ring substituents is 1. The van der Waals surface area contributed by atoms with E-state index in [0.717, 1.165) is 16.8 Å². The highest BCUT2D eigenvalue weighted by molar-refractivity contribution is 9.10. The van der Waals surface area contributed by atoms with Crippen molar-refractivity contribution in [2.24, 2.45) is 5.10 Å². The van der Waals surface area contributed by atoms with Crippen LogP contribution in [0.15, 0.2) is 64.3 Å². The second-order valence-electron chi connectivity index (χ2n) is 6.63. The smallest absolute Gasteiger partial charge is 0.293 e. The largest absolute Gasteiger partial charge is 0.378 e. The van der Waals surface area contributed by atoms with Gasteiger partial charge in [-0.1, -0.05) is 24.3 Å². The second-order valence-corrected chi connectivity index (χ2v) is 7.49. The van der Waals surface area contributed by atoms with Gasteiger partial charge in [0.25, 0.3) is 11.6 Å². The zero-order chi connectivity index (χ0) is 21.7. The van der Waals surface area contributed by atoms with Crippen LogP contribution in [-0.4, -0.2) is 40.9 Å². The van der Waals surface area contributed by atoms with E-state index in [2.05, 4.69) is 31.6 Å². The molecule has 0 aliphatic rings. The molecule has 9 nitrogen and oxygen atoms in total. The Bertz CT molecular complexity index is 1070. The number of hydrogen-bond donors (Lipinski definition) is 1. The molecule has 0 bridgehead atoms. The number of hydrogen-bond acceptors (Lipinski definition) is 6. The van der Waals surface area contributed by atoms with E-state index in [1.54, 1.807) is 29.2 Å². The molecule has 0 aliphatic carbocycles. The summed E-state index contributed by atoms with van der Waals surface area (Å²) < 4.78 is 2.09. The molecule has 1 heterocycles. The van der Waals surface area contributed by atoms with Gasteiger partial charge in [-0.15, -0.1) is 0 Å². The van der Waals surface area contributed by atoms with Gasteiger partial charge in [-0.3, -0.25) is 19.6 Å². The average Bonchev–Trinajstić information content (AvgIpc) is 3.08. The topological polar surface area (TPSA) is 106 Å². The molecule has 0 aliphatic heterocycles. The lowest BCUT2D eigenvalue weighted by molar-refractivity contribution is -0.384. The van der Waals surface area contributed by atoms with Crippen LogP contribution in [0.1, 0.15) is 21.6 Å². The summed E-state index contributed by atoms with van der Waals surface area (Å²) in [6, 6.07) is 13.9. The Hall–Kier alpha value is -3.53. The van der Waals surface area contributed by atoms with Crippen molar-refractivity contribution < 1.29 is 9.72 Å². The maximum Gasteiger partial charge on any atom is 0.293 e. The van der Waals surface area contributed by atoms with E-state index in [4.69, 9.17) is 0 Å². The Labute approximate surface area is 181 Å². The number of rotatable bonds is 7. The Morgan fingerprint density at radius 3 is 2.50 bits per heavy atom. The van der Waals surface area contributed by atoms with Gasteiger partial charge in [0.2, 0.25) is 0 Å². The second kappa shape index (κ2) is 9.31. The van der Waals surface area contributed by atoms with Gasteiger partial charge in [0.15, 0.2) is 5.69 Å². The average molecular weight is 471 g/mol. The minimum absolute atomic E-state index is 0.0229. The number of carbonyl (C=O) groups is 1. The summed E-state index contributed by atoms with van der Waals surface area (Å²) in [7, 11) is 3.92. The van der Waals surface area contributed by atoms with Gasteiger partial charge in [-0.05, 0) is 39.2 Å². The Balaban J connectivity index is 1.62. The lowest BCUT2D eigenvalue weighted by atomic mass is 10.2. The standard InChI is InChI=1S/C20H19BrN6O3/c1-25(2)16-7-3-14(4-8-16)11-22-23-20(28)19-18(21)13-26(24-19)12-15-5-9-17(10-6-15)27(29)30/h3-11,13H,12H2,1-2H3,(H,23,28)/b22-11-. The molecule has 3 rings (SSSR count). The van der Waals surface area contributed by atoms with Crippen LogP contribution in [-0.2, 0) is 6.54 Å². The van der Waals surface area contributed by atoms with Crippen LogP contribution in [0.4, 0.5) is 11.4 Å². The van der Waals surface area contributed by atoms with Crippen molar-refractivity contribution >= 4 is 39.4 Å². The molecule has 2 aromatic carbocycles. The van der Waals surface area contributed by atoms with Crippen molar-refractivity contribution in [1.29, 1.82) is 0 Å². The third-order valence-corrected chi connectivity index (χ3v) is 4.79. The van der Waals surface area contributed by atoms with Crippen molar-refractivity contribution in [2.75, 3.05) is 19.0 Å². The number of nitro groups is 1. The molecule has 0 radical (unpaired) electrons. The number of benzene rings is 2. The molecule has 1 N–H and O–H groups in total. The van der Waals surface area contributed by atoms with E-state index in [9.17, 15) is 14.9 Å². The molecule has 0 spiro atoms. The summed E-state index contributed by atoms with van der Waals surface area (Å²) in [5, 5.41) is 19.0. The van der Waals surface area contributed by atoms with Crippen molar-refractivity contribution in [3.63, 3.8) is 0 Å². The van der Waals surface area contributed by atoms with E-state index in [0.29, 0.717) is 11.0 Å². The van der Waals surface area contributed by atoms with Crippen molar-refractivity contribution in [3.8, 4) is 0 Å². The van der Waals surface area contributed by atoms with E-state index < -0.39 is 10.8 Å². The highest BCUT2D eigenvalue weighted by atomic mass is 79.9. The molecule has 0 atom stereocenters. The van der Waals surface area contributed by atoms with Crippen LogP contribution in [0.3, 0.4) is 0 Å². The minimum Gasteiger partial charge on any atom is -0.378 e. The third kappa shape index (κ3) is 5.29. The Morgan fingerprint density at radius 2 is 1.90 bits per heavy atom. The monoisotopic (exact) mass is 470 g/mol. The highest BCUT2D eigenvalue weighted by Crippen LogP contribution is 2.17. The molecule has 3 aromatic rings. The fourth-order valence-electron chi connectivity index (χ4n) is 2.62. The highest BCUT2D eigenvalue weighted by Gasteiger charge is 2.15. The summed E-state index contributed by atoms with van der Waals surface area (Å²) in [4.78, 5) is 24.7. The van der Waals surface area contributed by atoms with Gasteiger partial charge in [-0.25, -0.2) is 5.43 Å². The number of carbonyl (C=O) groups excluding carboxylic acids is 1. The molecule has 0 saturated carbocycles. The zero-order valence-corrected chi connectivity index (χ0v) is 17.9. The number of nitro benzene ring substituents is 1. The van der Waals surface area contributed by atoms with E-state index >= 15 is 0 Å². The SMILES string of the molecule is CN(C)c1ccc(/C=N\NC(=O)c2nn(Cc3ccc([N+](=O)[O-])cc3)cc2Br)cc1. The van der Waals surface area contributed by atoms with Crippen LogP contribution in [0, 0.1) is 10.1 Å². The molecular weight excluding hydrogens is 452 g/mol. The molecule has 30 heavy (non-hydrogen) atoms. The van der Waals surface area contributed by atoms with Gasteiger partial charge in [-0.2, -0.15) is 10.2 Å². The predicted molar refractivity (Wildman–Crippen MR) is 118 cm³/mol. The van der Waals surface area contributed by atoms with E-state index in [1.807, 2.05) is 43.3 Å². The van der Waals surface area contributed by atoms with Gasteiger partial charge in [0, 0.05) is 38.1 Å². The molecule has 0 saturated heterocycles. The van der Waals surface area contributed by atoms with Gasteiger partial charge in [0.1, 0.15) is 0 Å². The Morgan fingerprint density at radius 1 is 1.23 bits per heavy atom. The molecule has 154 valence electrons. The minimum atomic E-state index is -0.453. The number of aromatic nitrogens is 2. The lowest BCUT2D eigenvalue weighted by Crippen LogP contribution is -2.19. The summed E-state index contributed by atoms with van der Waals surface area (Å²) in [6.45, 7) is 0.366. The fourth-order valence-corrected chi connectivity index (χ4v) is 3.11. The van der Waals surface area contributed by atoms with E-state index in [1.165, 1.54) is 12.1 Å². The van der Waals surface area contributed by atoms with Gasteiger partial charge in [0.05, 0.1) is 22.2 Å².